The zero-order valence-electron chi connectivity index (χ0n) is 16.0. The van der Waals surface area contributed by atoms with Crippen molar-refractivity contribution in [2.75, 3.05) is 0 Å². The summed E-state index contributed by atoms with van der Waals surface area (Å²) in [5.41, 5.74) is 8.85. The monoisotopic (exact) mass is 378 g/mol. The van der Waals surface area contributed by atoms with E-state index in [4.69, 9.17) is 10.5 Å². The Labute approximate surface area is 163 Å². The molecule has 28 heavy (non-hydrogen) atoms. The summed E-state index contributed by atoms with van der Waals surface area (Å²) < 4.78 is 20.3. The van der Waals surface area contributed by atoms with E-state index in [0.717, 1.165) is 34.1 Å². The predicted molar refractivity (Wildman–Crippen MR) is 106 cm³/mol. The van der Waals surface area contributed by atoms with Crippen molar-refractivity contribution in [1.82, 2.24) is 4.98 Å². The van der Waals surface area contributed by atoms with Gasteiger partial charge in [0, 0.05) is 22.6 Å². The van der Waals surface area contributed by atoms with Gasteiger partial charge in [0.25, 0.3) is 0 Å². The quantitative estimate of drug-likeness (QED) is 0.695. The number of carbonyl (C=O) groups is 1. The standard InChI is InChI=1S/C23H23FN2O2/c1-14-9-16(17-5-3-4-6-20(17)26-14)13-28-21-8-7-15(10-19(21)24)11-23(2)12-18(23)22(25)27/h3-10,18H,11-13H2,1-2H3,(H2,25,27)/t18?,23-/m1/s1. The SMILES string of the molecule is Cc1cc(COc2ccc(C[C@]3(C)CC3C(N)=O)cc2F)c2ccccc2n1. The maximum Gasteiger partial charge on any atom is 0.221 e. The summed E-state index contributed by atoms with van der Waals surface area (Å²) in [5, 5.41) is 1.00. The zero-order valence-corrected chi connectivity index (χ0v) is 16.0. The highest BCUT2D eigenvalue weighted by Gasteiger charge is 2.53. The normalized spacial score (nSPS) is 20.9. The number of hydrogen-bond acceptors (Lipinski definition) is 3. The molecule has 4 nitrogen and oxygen atoms in total. The van der Waals surface area contributed by atoms with Gasteiger partial charge in [-0.15, -0.1) is 0 Å². The van der Waals surface area contributed by atoms with Crippen LogP contribution >= 0.6 is 0 Å². The molecule has 5 heteroatoms. The second-order valence-electron chi connectivity index (χ2n) is 7.98. The van der Waals surface area contributed by atoms with E-state index in [2.05, 4.69) is 4.98 Å². The van der Waals surface area contributed by atoms with Gasteiger partial charge in [-0.3, -0.25) is 9.78 Å². The van der Waals surface area contributed by atoms with Crippen molar-refractivity contribution >= 4 is 16.8 Å². The lowest BCUT2D eigenvalue weighted by Crippen LogP contribution is -2.18. The number of nitrogens with two attached hydrogens (primary N) is 1. The van der Waals surface area contributed by atoms with Gasteiger partial charge in [-0.2, -0.15) is 0 Å². The molecule has 1 heterocycles. The van der Waals surface area contributed by atoms with Crippen LogP contribution in [0.5, 0.6) is 5.75 Å². The van der Waals surface area contributed by atoms with Crippen LogP contribution in [0.15, 0.2) is 48.5 Å². The number of nitrogens with zero attached hydrogens (tertiary/aromatic N) is 1. The molecule has 1 aromatic heterocycles. The minimum absolute atomic E-state index is 0.116. The van der Waals surface area contributed by atoms with Crippen LogP contribution in [-0.4, -0.2) is 10.9 Å². The molecule has 144 valence electrons. The van der Waals surface area contributed by atoms with E-state index < -0.39 is 5.82 Å². The highest BCUT2D eigenvalue weighted by atomic mass is 19.1. The smallest absolute Gasteiger partial charge is 0.221 e. The van der Waals surface area contributed by atoms with Crippen LogP contribution < -0.4 is 10.5 Å². The number of pyridine rings is 1. The van der Waals surface area contributed by atoms with Crippen molar-refractivity contribution in [3.05, 3.63) is 71.2 Å². The third-order valence-corrected chi connectivity index (χ3v) is 5.61. The van der Waals surface area contributed by atoms with E-state index in [9.17, 15) is 9.18 Å². The number of rotatable bonds is 6. The molecule has 1 fully saturated rings. The maximum absolute atomic E-state index is 14.6. The summed E-state index contributed by atoms with van der Waals surface area (Å²) in [7, 11) is 0. The van der Waals surface area contributed by atoms with Gasteiger partial charge in [0.05, 0.1) is 5.52 Å². The summed E-state index contributed by atoms with van der Waals surface area (Å²) in [6.07, 6.45) is 1.39. The molecule has 4 rings (SSSR count). The number of para-hydroxylation sites is 1. The maximum atomic E-state index is 14.6. The number of fused-ring (bicyclic) bond motifs is 1. The topological polar surface area (TPSA) is 65.2 Å². The molecule has 1 aliphatic carbocycles. The van der Waals surface area contributed by atoms with Gasteiger partial charge in [0.15, 0.2) is 11.6 Å². The van der Waals surface area contributed by atoms with E-state index in [1.807, 2.05) is 50.2 Å². The Morgan fingerprint density at radius 2 is 2.07 bits per heavy atom. The Kier molecular flexibility index (Phi) is 4.53. The lowest BCUT2D eigenvalue weighted by Gasteiger charge is -2.13. The highest BCUT2D eigenvalue weighted by molar-refractivity contribution is 5.82. The Morgan fingerprint density at radius 1 is 1.29 bits per heavy atom. The first-order valence-corrected chi connectivity index (χ1v) is 9.41. The Hall–Kier alpha value is -2.95. The number of carbonyl (C=O) groups excluding carboxylic acids is 1. The lowest BCUT2D eigenvalue weighted by molar-refractivity contribution is -0.119. The van der Waals surface area contributed by atoms with Crippen molar-refractivity contribution in [3.63, 3.8) is 0 Å². The first-order valence-electron chi connectivity index (χ1n) is 9.41. The number of hydrogen-bond donors (Lipinski definition) is 1. The summed E-state index contributed by atoms with van der Waals surface area (Å²) in [6, 6.07) is 14.8. The molecule has 0 saturated heterocycles. The van der Waals surface area contributed by atoms with Crippen LogP contribution in [-0.2, 0) is 17.8 Å². The van der Waals surface area contributed by atoms with Gasteiger partial charge in [0.1, 0.15) is 6.61 Å². The Balaban J connectivity index is 1.49. The van der Waals surface area contributed by atoms with Gasteiger partial charge in [-0.05, 0) is 55.0 Å². The summed E-state index contributed by atoms with van der Waals surface area (Å²) in [6.45, 7) is 4.21. The molecular formula is C23H23FN2O2. The minimum Gasteiger partial charge on any atom is -0.486 e. The van der Waals surface area contributed by atoms with Crippen LogP contribution in [0.25, 0.3) is 10.9 Å². The second kappa shape index (κ2) is 6.89. The first kappa shape index (κ1) is 18.4. The minimum atomic E-state index is -0.396. The van der Waals surface area contributed by atoms with Crippen molar-refractivity contribution in [3.8, 4) is 5.75 Å². The third kappa shape index (κ3) is 3.57. The number of aromatic nitrogens is 1. The van der Waals surface area contributed by atoms with Crippen LogP contribution in [0.1, 0.15) is 30.2 Å². The fourth-order valence-electron chi connectivity index (χ4n) is 3.95. The number of ether oxygens (including phenoxy) is 1. The molecule has 0 radical (unpaired) electrons. The molecule has 2 N–H and O–H groups in total. The van der Waals surface area contributed by atoms with Gasteiger partial charge in [-0.25, -0.2) is 4.39 Å². The van der Waals surface area contributed by atoms with Gasteiger partial charge in [0.2, 0.25) is 5.91 Å². The molecular weight excluding hydrogens is 355 g/mol. The molecule has 1 unspecified atom stereocenters. The van der Waals surface area contributed by atoms with Crippen molar-refractivity contribution in [2.24, 2.45) is 17.1 Å². The van der Waals surface area contributed by atoms with Crippen molar-refractivity contribution in [1.29, 1.82) is 0 Å². The summed E-state index contributed by atoms with van der Waals surface area (Å²) >= 11 is 0. The highest BCUT2D eigenvalue weighted by Crippen LogP contribution is 2.54. The van der Waals surface area contributed by atoms with E-state index in [0.29, 0.717) is 6.42 Å². The number of aryl methyl sites for hydroxylation is 1. The van der Waals surface area contributed by atoms with Crippen LogP contribution in [0.2, 0.25) is 0 Å². The van der Waals surface area contributed by atoms with Crippen molar-refractivity contribution < 1.29 is 13.9 Å². The number of amides is 1. The summed E-state index contributed by atoms with van der Waals surface area (Å²) in [5.74, 6) is -0.570. The Morgan fingerprint density at radius 3 is 2.79 bits per heavy atom. The van der Waals surface area contributed by atoms with E-state index >= 15 is 0 Å². The molecule has 0 aliphatic heterocycles. The molecule has 1 saturated carbocycles. The van der Waals surface area contributed by atoms with Crippen LogP contribution in [0.4, 0.5) is 4.39 Å². The number of primary amides is 1. The third-order valence-electron chi connectivity index (χ3n) is 5.61. The molecule has 1 aliphatic rings. The van der Waals surface area contributed by atoms with E-state index in [1.54, 1.807) is 6.07 Å². The van der Waals surface area contributed by atoms with Crippen molar-refractivity contribution in [2.45, 2.75) is 33.3 Å². The number of halogens is 1. The fraction of sp³-hybridized carbons (Fsp3) is 0.304. The molecule has 2 aromatic carbocycles. The average molecular weight is 378 g/mol. The molecule has 0 spiro atoms. The average Bonchev–Trinajstić information content (AvgIpc) is 3.32. The van der Waals surface area contributed by atoms with Crippen LogP contribution in [0.3, 0.4) is 0 Å². The number of benzene rings is 2. The molecule has 0 bridgehead atoms. The zero-order chi connectivity index (χ0) is 19.9. The Bertz CT molecular complexity index is 1070. The molecule has 2 atom stereocenters. The fourth-order valence-corrected chi connectivity index (χ4v) is 3.95. The van der Waals surface area contributed by atoms with Gasteiger partial charge >= 0.3 is 0 Å². The van der Waals surface area contributed by atoms with E-state index in [-0.39, 0.29) is 29.6 Å². The molecule has 1 amide bonds. The first-order chi connectivity index (χ1) is 13.4. The lowest BCUT2D eigenvalue weighted by atomic mass is 9.95. The largest absolute Gasteiger partial charge is 0.486 e. The second-order valence-corrected chi connectivity index (χ2v) is 7.98. The van der Waals surface area contributed by atoms with E-state index in [1.165, 1.54) is 6.07 Å². The predicted octanol–water partition coefficient (Wildman–Crippen LogP) is 4.32. The summed E-state index contributed by atoms with van der Waals surface area (Å²) in [4.78, 5) is 15.9. The van der Waals surface area contributed by atoms with Crippen LogP contribution in [0, 0.1) is 24.1 Å². The van der Waals surface area contributed by atoms with Gasteiger partial charge < -0.3 is 10.5 Å². The molecule has 3 aromatic rings. The van der Waals surface area contributed by atoms with Gasteiger partial charge in [-0.1, -0.05) is 31.2 Å².